The summed E-state index contributed by atoms with van der Waals surface area (Å²) in [4.78, 5) is 2.38. The number of nitrogens with zero attached hydrogens (tertiary/aromatic N) is 1. The summed E-state index contributed by atoms with van der Waals surface area (Å²) in [6, 6.07) is 67.9. The third-order valence-corrected chi connectivity index (χ3v) is 10.6. The molecule has 0 atom stereocenters. The van der Waals surface area contributed by atoms with Gasteiger partial charge in [-0.1, -0.05) is 158 Å². The summed E-state index contributed by atoms with van der Waals surface area (Å²) in [5.74, 6) is 0. The van der Waals surface area contributed by atoms with Gasteiger partial charge in [0.15, 0.2) is 0 Å². The Labute approximate surface area is 284 Å². The van der Waals surface area contributed by atoms with Crippen molar-refractivity contribution in [1.82, 2.24) is 0 Å². The first-order valence-electron chi connectivity index (χ1n) is 16.4. The molecule has 9 aromatic rings. The van der Waals surface area contributed by atoms with E-state index in [-0.39, 0.29) is 0 Å². The maximum absolute atomic E-state index is 2.38. The van der Waals surface area contributed by atoms with E-state index in [1.54, 1.807) is 0 Å². The topological polar surface area (TPSA) is 3.24 Å². The number of para-hydroxylation sites is 1. The third kappa shape index (κ3) is 4.95. The molecule has 0 amide bonds. The van der Waals surface area contributed by atoms with Crippen molar-refractivity contribution in [2.75, 3.05) is 4.90 Å². The van der Waals surface area contributed by atoms with Crippen LogP contribution >= 0.6 is 11.3 Å². The Balaban J connectivity index is 1.17. The van der Waals surface area contributed by atoms with Crippen LogP contribution in [0, 0.1) is 0 Å². The smallest absolute Gasteiger partial charge is 0.0540 e. The van der Waals surface area contributed by atoms with Gasteiger partial charge in [0, 0.05) is 37.1 Å². The molecule has 1 heterocycles. The second-order valence-corrected chi connectivity index (χ2v) is 13.1. The van der Waals surface area contributed by atoms with Crippen LogP contribution in [0.1, 0.15) is 0 Å². The molecule has 0 saturated heterocycles. The van der Waals surface area contributed by atoms with Crippen LogP contribution in [0.25, 0.3) is 64.3 Å². The van der Waals surface area contributed by atoms with Gasteiger partial charge in [0.25, 0.3) is 0 Å². The second-order valence-electron chi connectivity index (χ2n) is 12.1. The maximum atomic E-state index is 2.38. The van der Waals surface area contributed by atoms with E-state index < -0.39 is 0 Å². The third-order valence-electron chi connectivity index (χ3n) is 9.29. The van der Waals surface area contributed by atoms with Gasteiger partial charge in [0.2, 0.25) is 0 Å². The number of rotatable bonds is 6. The Bertz CT molecular complexity index is 2530. The molecule has 0 unspecified atom stereocenters. The fourth-order valence-electron chi connectivity index (χ4n) is 6.93. The predicted molar refractivity (Wildman–Crippen MR) is 208 cm³/mol. The molecule has 9 rings (SSSR count). The van der Waals surface area contributed by atoms with Crippen molar-refractivity contribution in [2.45, 2.75) is 0 Å². The van der Waals surface area contributed by atoms with Crippen molar-refractivity contribution in [3.05, 3.63) is 188 Å². The summed E-state index contributed by atoms with van der Waals surface area (Å²) in [6.45, 7) is 0. The van der Waals surface area contributed by atoms with Crippen LogP contribution in [0.3, 0.4) is 0 Å². The Hall–Kier alpha value is -5.96. The number of anilines is 3. The molecule has 0 N–H and O–H groups in total. The first kappa shape index (κ1) is 28.3. The lowest BCUT2D eigenvalue weighted by Crippen LogP contribution is -2.11. The molecule has 8 aromatic carbocycles. The highest BCUT2D eigenvalue weighted by Gasteiger charge is 2.18. The van der Waals surface area contributed by atoms with Crippen LogP contribution in [-0.2, 0) is 0 Å². The molecule has 0 aliphatic carbocycles. The quantitative estimate of drug-likeness (QED) is 0.177. The van der Waals surface area contributed by atoms with Crippen molar-refractivity contribution in [3.63, 3.8) is 0 Å². The average Bonchev–Trinajstić information content (AvgIpc) is 3.56. The fourth-order valence-corrected chi connectivity index (χ4v) is 8.31. The van der Waals surface area contributed by atoms with Gasteiger partial charge in [-0.3, -0.25) is 0 Å². The van der Waals surface area contributed by atoms with Gasteiger partial charge in [-0.25, -0.2) is 0 Å². The van der Waals surface area contributed by atoms with Crippen molar-refractivity contribution >= 4 is 59.3 Å². The normalized spacial score (nSPS) is 11.3. The summed E-state index contributed by atoms with van der Waals surface area (Å²) in [5, 5.41) is 5.26. The van der Waals surface area contributed by atoms with Crippen LogP contribution < -0.4 is 4.90 Å². The van der Waals surface area contributed by atoms with Crippen LogP contribution in [0.2, 0.25) is 0 Å². The molecule has 1 aromatic heterocycles. The first-order valence-corrected chi connectivity index (χ1v) is 17.2. The summed E-state index contributed by atoms with van der Waals surface area (Å²) in [5.41, 5.74) is 10.7. The Kier molecular flexibility index (Phi) is 7.07. The highest BCUT2D eigenvalue weighted by molar-refractivity contribution is 7.27. The van der Waals surface area contributed by atoms with Crippen molar-refractivity contribution in [2.24, 2.45) is 0 Å². The molecular weight excluding hydrogens is 599 g/mol. The molecule has 2 heteroatoms. The Morgan fingerprint density at radius 2 is 0.833 bits per heavy atom. The zero-order valence-electron chi connectivity index (χ0n) is 26.3. The lowest BCUT2D eigenvalue weighted by molar-refractivity contribution is 1.28. The van der Waals surface area contributed by atoms with Crippen LogP contribution in [0.5, 0.6) is 0 Å². The van der Waals surface area contributed by atoms with E-state index in [1.165, 1.54) is 64.3 Å². The minimum atomic E-state index is 1.11. The molecule has 0 bridgehead atoms. The lowest BCUT2D eigenvalue weighted by atomic mass is 9.99. The molecule has 0 radical (unpaired) electrons. The van der Waals surface area contributed by atoms with E-state index in [0.717, 1.165) is 17.1 Å². The van der Waals surface area contributed by atoms with Gasteiger partial charge in [-0.15, -0.1) is 11.3 Å². The Morgan fingerprint density at radius 3 is 1.58 bits per heavy atom. The zero-order chi connectivity index (χ0) is 31.9. The van der Waals surface area contributed by atoms with Gasteiger partial charge in [0.05, 0.1) is 5.69 Å². The Morgan fingerprint density at radius 1 is 0.312 bits per heavy atom. The van der Waals surface area contributed by atoms with E-state index in [4.69, 9.17) is 0 Å². The molecule has 48 heavy (non-hydrogen) atoms. The van der Waals surface area contributed by atoms with E-state index in [1.807, 2.05) is 11.3 Å². The van der Waals surface area contributed by atoms with Crippen molar-refractivity contribution in [3.8, 4) is 33.4 Å². The zero-order valence-corrected chi connectivity index (χ0v) is 27.1. The lowest BCUT2D eigenvalue weighted by Gasteiger charge is -2.28. The summed E-state index contributed by atoms with van der Waals surface area (Å²) < 4.78 is 2.69. The van der Waals surface area contributed by atoms with Gasteiger partial charge in [0.1, 0.15) is 0 Å². The summed E-state index contributed by atoms with van der Waals surface area (Å²) in [7, 11) is 0. The fraction of sp³-hybridized carbons (Fsp3) is 0. The van der Waals surface area contributed by atoms with Crippen LogP contribution in [-0.4, -0.2) is 0 Å². The SMILES string of the molecule is c1ccc(-c2ccc(N(c3ccc(-c4cccc5c4sc4c6ccccc6ccc54)cc3)c3ccccc3-c3ccccc3)cc2)cc1. The van der Waals surface area contributed by atoms with E-state index in [2.05, 4.69) is 193 Å². The molecule has 226 valence electrons. The largest absolute Gasteiger partial charge is 0.310 e. The average molecular weight is 630 g/mol. The first-order chi connectivity index (χ1) is 23.8. The van der Waals surface area contributed by atoms with Gasteiger partial charge in [-0.2, -0.15) is 0 Å². The molecule has 0 aliphatic heterocycles. The van der Waals surface area contributed by atoms with Gasteiger partial charge in [-0.05, 0) is 68.9 Å². The van der Waals surface area contributed by atoms with Crippen molar-refractivity contribution < 1.29 is 0 Å². The highest BCUT2D eigenvalue weighted by Crippen LogP contribution is 2.45. The van der Waals surface area contributed by atoms with Gasteiger partial charge < -0.3 is 4.90 Å². The highest BCUT2D eigenvalue weighted by atomic mass is 32.1. The number of hydrogen-bond donors (Lipinski definition) is 0. The monoisotopic (exact) mass is 629 g/mol. The molecule has 0 aliphatic rings. The minimum Gasteiger partial charge on any atom is -0.310 e. The molecule has 1 nitrogen and oxygen atoms in total. The number of benzene rings is 8. The molecule has 0 fully saturated rings. The predicted octanol–water partition coefficient (Wildman–Crippen LogP) is 13.7. The van der Waals surface area contributed by atoms with E-state index in [0.29, 0.717) is 0 Å². The number of fused-ring (bicyclic) bond motifs is 5. The second kappa shape index (κ2) is 12.0. The molecule has 0 spiro atoms. The maximum Gasteiger partial charge on any atom is 0.0540 e. The van der Waals surface area contributed by atoms with Crippen molar-refractivity contribution in [1.29, 1.82) is 0 Å². The molecule has 0 saturated carbocycles. The van der Waals surface area contributed by atoms with Gasteiger partial charge >= 0.3 is 0 Å². The summed E-state index contributed by atoms with van der Waals surface area (Å²) >= 11 is 1.91. The summed E-state index contributed by atoms with van der Waals surface area (Å²) in [6.07, 6.45) is 0. The van der Waals surface area contributed by atoms with E-state index in [9.17, 15) is 0 Å². The van der Waals surface area contributed by atoms with Crippen LogP contribution in [0.4, 0.5) is 17.1 Å². The molecular formula is C46H31NS. The number of thiophene rings is 1. The van der Waals surface area contributed by atoms with E-state index >= 15 is 0 Å². The number of hydrogen-bond acceptors (Lipinski definition) is 2. The standard InChI is InChI=1S/C46H31NS/c1-3-12-32(13-4-1)33-22-27-37(28-23-33)47(44-21-10-9-17-39(44)34-14-5-2-6-15-34)38-29-24-36(25-30-38)41-19-11-20-42-43-31-26-35-16-7-8-18-40(35)46(43)48-45(41)42/h1-31H. The minimum absolute atomic E-state index is 1.11. The van der Waals surface area contributed by atoms with Crippen LogP contribution in [0.15, 0.2) is 188 Å².